The standard InChI is InChI=1S/C24H26ClN5O4/c1-2-33-22-12-17(6-9-21(22)34-14-23(31)29-10-4-3-5-11-29)24(32)28-19-13-18(25)7-8-20(19)30-16-26-15-27-30/h6-9,12-13,15-16H,2-5,10-11,14H2,1H3,(H,28,32). The maximum atomic E-state index is 13.0. The number of ether oxygens (including phenoxy) is 2. The predicted octanol–water partition coefficient (Wildman–Crippen LogP) is 3.96. The second kappa shape index (κ2) is 11.0. The van der Waals surface area contributed by atoms with Gasteiger partial charge in [0, 0.05) is 23.7 Å². The molecule has 1 saturated heterocycles. The van der Waals surface area contributed by atoms with Crippen LogP contribution >= 0.6 is 11.6 Å². The number of amides is 2. The Hall–Kier alpha value is -3.59. The molecule has 0 bridgehead atoms. The molecule has 1 aliphatic heterocycles. The van der Waals surface area contributed by atoms with Gasteiger partial charge in [-0.05, 0) is 62.6 Å². The number of anilines is 1. The monoisotopic (exact) mass is 483 g/mol. The van der Waals surface area contributed by atoms with Gasteiger partial charge in [-0.1, -0.05) is 11.6 Å². The number of hydrogen-bond acceptors (Lipinski definition) is 6. The van der Waals surface area contributed by atoms with Gasteiger partial charge in [0.1, 0.15) is 12.7 Å². The molecule has 2 aromatic carbocycles. The number of halogens is 1. The average molecular weight is 484 g/mol. The van der Waals surface area contributed by atoms with Crippen LogP contribution < -0.4 is 14.8 Å². The van der Waals surface area contributed by atoms with E-state index in [-0.39, 0.29) is 18.4 Å². The van der Waals surface area contributed by atoms with Crippen molar-refractivity contribution in [3.05, 3.63) is 59.6 Å². The summed E-state index contributed by atoms with van der Waals surface area (Å²) in [5.74, 6) is 0.394. The number of nitrogens with zero attached hydrogens (tertiary/aromatic N) is 4. The first-order chi connectivity index (χ1) is 16.5. The maximum Gasteiger partial charge on any atom is 0.260 e. The van der Waals surface area contributed by atoms with Gasteiger partial charge in [0.05, 0.1) is 18.0 Å². The third kappa shape index (κ3) is 5.66. The Morgan fingerprint density at radius 3 is 2.62 bits per heavy atom. The van der Waals surface area contributed by atoms with Crippen molar-refractivity contribution < 1.29 is 19.1 Å². The van der Waals surface area contributed by atoms with E-state index in [1.165, 1.54) is 17.3 Å². The summed E-state index contributed by atoms with van der Waals surface area (Å²) in [5.41, 5.74) is 1.47. The van der Waals surface area contributed by atoms with E-state index in [1.54, 1.807) is 36.4 Å². The number of aromatic nitrogens is 3. The van der Waals surface area contributed by atoms with E-state index in [2.05, 4.69) is 15.4 Å². The zero-order valence-corrected chi connectivity index (χ0v) is 19.6. The fourth-order valence-corrected chi connectivity index (χ4v) is 3.92. The molecule has 3 aromatic rings. The van der Waals surface area contributed by atoms with Crippen molar-refractivity contribution in [1.82, 2.24) is 19.7 Å². The molecule has 0 saturated carbocycles. The van der Waals surface area contributed by atoms with Crippen molar-refractivity contribution in [2.75, 3.05) is 31.6 Å². The van der Waals surface area contributed by atoms with E-state index in [1.807, 2.05) is 11.8 Å². The van der Waals surface area contributed by atoms with Crippen LogP contribution in [0.3, 0.4) is 0 Å². The predicted molar refractivity (Wildman–Crippen MR) is 128 cm³/mol. The molecule has 34 heavy (non-hydrogen) atoms. The van der Waals surface area contributed by atoms with Crippen molar-refractivity contribution in [1.29, 1.82) is 0 Å². The van der Waals surface area contributed by atoms with Crippen molar-refractivity contribution >= 4 is 29.1 Å². The highest BCUT2D eigenvalue weighted by atomic mass is 35.5. The van der Waals surface area contributed by atoms with E-state index >= 15 is 0 Å². The molecule has 0 radical (unpaired) electrons. The quantitative estimate of drug-likeness (QED) is 0.520. The van der Waals surface area contributed by atoms with Gasteiger partial charge in [-0.2, -0.15) is 5.10 Å². The summed E-state index contributed by atoms with van der Waals surface area (Å²) in [5, 5.41) is 7.46. The molecule has 1 N–H and O–H groups in total. The topological polar surface area (TPSA) is 98.6 Å². The number of rotatable bonds is 8. The number of likely N-dealkylation sites (tertiary alicyclic amines) is 1. The Balaban J connectivity index is 1.49. The molecule has 10 heteroatoms. The molecule has 4 rings (SSSR count). The smallest absolute Gasteiger partial charge is 0.260 e. The molecule has 2 heterocycles. The summed E-state index contributed by atoms with van der Waals surface area (Å²) >= 11 is 6.15. The molecular weight excluding hydrogens is 458 g/mol. The Labute approximate surface area is 202 Å². The summed E-state index contributed by atoms with van der Waals surface area (Å²) in [6.45, 7) is 3.67. The lowest BCUT2D eigenvalue weighted by Crippen LogP contribution is -2.38. The fourth-order valence-electron chi connectivity index (χ4n) is 3.75. The summed E-state index contributed by atoms with van der Waals surface area (Å²) < 4.78 is 13.0. The minimum absolute atomic E-state index is 0.0504. The van der Waals surface area contributed by atoms with Crippen molar-refractivity contribution in [3.63, 3.8) is 0 Å². The summed E-state index contributed by atoms with van der Waals surface area (Å²) in [6.07, 6.45) is 6.13. The van der Waals surface area contributed by atoms with E-state index in [0.717, 1.165) is 32.4 Å². The fraction of sp³-hybridized carbons (Fsp3) is 0.333. The average Bonchev–Trinajstić information content (AvgIpc) is 3.38. The van der Waals surface area contributed by atoms with E-state index < -0.39 is 0 Å². The minimum atomic E-state index is -0.361. The van der Waals surface area contributed by atoms with Crippen LogP contribution in [0.4, 0.5) is 5.69 Å². The molecule has 0 spiro atoms. The highest BCUT2D eigenvalue weighted by molar-refractivity contribution is 6.31. The number of hydrogen-bond donors (Lipinski definition) is 1. The first kappa shape index (κ1) is 23.6. The summed E-state index contributed by atoms with van der Waals surface area (Å²) in [7, 11) is 0. The highest BCUT2D eigenvalue weighted by Gasteiger charge is 2.19. The van der Waals surface area contributed by atoms with Gasteiger partial charge in [-0.3, -0.25) is 9.59 Å². The van der Waals surface area contributed by atoms with Crippen LogP contribution in [0.1, 0.15) is 36.5 Å². The van der Waals surface area contributed by atoms with Crippen molar-refractivity contribution in [2.45, 2.75) is 26.2 Å². The van der Waals surface area contributed by atoms with Crippen LogP contribution in [-0.4, -0.2) is 57.8 Å². The molecule has 178 valence electrons. The largest absolute Gasteiger partial charge is 0.490 e. The Morgan fingerprint density at radius 2 is 1.88 bits per heavy atom. The molecular formula is C24H26ClN5O4. The molecule has 1 aromatic heterocycles. The first-order valence-electron chi connectivity index (χ1n) is 11.2. The molecule has 0 atom stereocenters. The maximum absolute atomic E-state index is 13.0. The van der Waals surface area contributed by atoms with Crippen LogP contribution in [0.5, 0.6) is 11.5 Å². The molecule has 9 nitrogen and oxygen atoms in total. The molecule has 1 fully saturated rings. The summed E-state index contributed by atoms with van der Waals surface area (Å²) in [4.78, 5) is 31.3. The second-order valence-corrected chi connectivity index (χ2v) is 8.22. The van der Waals surface area contributed by atoms with Crippen molar-refractivity contribution in [2.24, 2.45) is 0 Å². The van der Waals surface area contributed by atoms with E-state index in [4.69, 9.17) is 21.1 Å². The lowest BCUT2D eigenvalue weighted by molar-refractivity contribution is -0.134. The van der Waals surface area contributed by atoms with Gasteiger partial charge in [-0.15, -0.1) is 0 Å². The molecule has 0 unspecified atom stereocenters. The van der Waals surface area contributed by atoms with Gasteiger partial charge in [0.2, 0.25) is 0 Å². The zero-order valence-electron chi connectivity index (χ0n) is 18.9. The van der Waals surface area contributed by atoms with E-state index in [9.17, 15) is 9.59 Å². The van der Waals surface area contributed by atoms with Crippen LogP contribution in [0, 0.1) is 0 Å². The van der Waals surface area contributed by atoms with Crippen LogP contribution in [0.15, 0.2) is 49.1 Å². The number of benzene rings is 2. The van der Waals surface area contributed by atoms with E-state index in [0.29, 0.717) is 40.1 Å². The Kier molecular flexibility index (Phi) is 7.64. The SMILES string of the molecule is CCOc1cc(C(=O)Nc2cc(Cl)ccc2-n2cncn2)ccc1OCC(=O)N1CCCCC1. The zero-order chi connectivity index (χ0) is 23.9. The number of piperidine rings is 1. The Morgan fingerprint density at radius 1 is 1.06 bits per heavy atom. The second-order valence-electron chi connectivity index (χ2n) is 7.78. The third-order valence-corrected chi connectivity index (χ3v) is 5.67. The third-order valence-electron chi connectivity index (χ3n) is 5.44. The van der Waals surface area contributed by atoms with Crippen LogP contribution in [0.25, 0.3) is 5.69 Å². The summed E-state index contributed by atoms with van der Waals surface area (Å²) in [6, 6.07) is 9.95. The minimum Gasteiger partial charge on any atom is -0.490 e. The number of carbonyl (C=O) groups is 2. The van der Waals surface area contributed by atoms with Crippen molar-refractivity contribution in [3.8, 4) is 17.2 Å². The number of nitrogens with one attached hydrogen (secondary N) is 1. The van der Waals surface area contributed by atoms with Gasteiger partial charge < -0.3 is 19.7 Å². The lowest BCUT2D eigenvalue weighted by Gasteiger charge is -2.26. The normalized spacial score (nSPS) is 13.4. The van der Waals surface area contributed by atoms with Gasteiger partial charge in [0.25, 0.3) is 11.8 Å². The Bertz CT molecular complexity index is 1150. The first-order valence-corrected chi connectivity index (χ1v) is 11.6. The number of carbonyl (C=O) groups excluding carboxylic acids is 2. The van der Waals surface area contributed by atoms with Gasteiger partial charge in [-0.25, -0.2) is 9.67 Å². The lowest BCUT2D eigenvalue weighted by atomic mass is 10.1. The molecule has 1 aliphatic rings. The van der Waals surface area contributed by atoms with Gasteiger partial charge in [0.15, 0.2) is 18.1 Å². The van der Waals surface area contributed by atoms with Crippen LogP contribution in [0.2, 0.25) is 5.02 Å². The highest BCUT2D eigenvalue weighted by Crippen LogP contribution is 2.30. The van der Waals surface area contributed by atoms with Crippen LogP contribution in [-0.2, 0) is 4.79 Å². The molecule has 2 amide bonds. The molecule has 0 aliphatic carbocycles. The van der Waals surface area contributed by atoms with Gasteiger partial charge >= 0.3 is 0 Å².